The van der Waals surface area contributed by atoms with E-state index in [0.717, 1.165) is 23.4 Å². The van der Waals surface area contributed by atoms with Gasteiger partial charge in [0.1, 0.15) is 11.3 Å². The molecule has 0 saturated heterocycles. The molecular formula is C13H12BrFN4S. The van der Waals surface area contributed by atoms with Crippen LogP contribution in [-0.2, 0) is 6.54 Å². The molecule has 0 aliphatic rings. The van der Waals surface area contributed by atoms with Gasteiger partial charge < -0.3 is 4.98 Å². The second-order valence-corrected chi connectivity index (χ2v) is 5.70. The molecule has 0 atom stereocenters. The van der Waals surface area contributed by atoms with E-state index in [9.17, 15) is 4.39 Å². The van der Waals surface area contributed by atoms with Crippen molar-refractivity contribution in [2.45, 2.75) is 20.4 Å². The predicted octanol–water partition coefficient (Wildman–Crippen LogP) is 4.11. The molecule has 0 spiro atoms. The summed E-state index contributed by atoms with van der Waals surface area (Å²) >= 11 is 8.52. The molecule has 2 aromatic heterocycles. The minimum atomic E-state index is -0.321. The van der Waals surface area contributed by atoms with Gasteiger partial charge in [0.05, 0.1) is 15.9 Å². The predicted molar refractivity (Wildman–Crippen MR) is 82.3 cm³/mol. The maximum Gasteiger partial charge on any atom is 0.184 e. The van der Waals surface area contributed by atoms with E-state index < -0.39 is 0 Å². The van der Waals surface area contributed by atoms with Crippen LogP contribution in [0.15, 0.2) is 22.7 Å². The Morgan fingerprint density at radius 2 is 2.20 bits per heavy atom. The molecule has 20 heavy (non-hydrogen) atoms. The molecule has 0 aliphatic carbocycles. The third-order valence-corrected chi connectivity index (χ3v) is 4.14. The maximum absolute atomic E-state index is 13.8. The number of aromatic nitrogens is 4. The molecule has 1 N–H and O–H groups in total. The van der Waals surface area contributed by atoms with E-state index >= 15 is 0 Å². The summed E-state index contributed by atoms with van der Waals surface area (Å²) in [5.74, 6) is -0.321. The third-order valence-electron chi connectivity index (χ3n) is 3.21. The van der Waals surface area contributed by atoms with E-state index in [2.05, 4.69) is 26.0 Å². The Morgan fingerprint density at radius 3 is 2.85 bits per heavy atom. The number of fused-ring (bicyclic) bond motifs is 1. The Bertz CT molecular complexity index is 861. The van der Waals surface area contributed by atoms with Crippen molar-refractivity contribution in [2.75, 3.05) is 0 Å². The molecule has 2 heterocycles. The van der Waals surface area contributed by atoms with Crippen molar-refractivity contribution in [3.8, 4) is 5.69 Å². The number of nitrogens with one attached hydrogen (secondary N) is 1. The number of aryl methyl sites for hydroxylation is 2. The minimum absolute atomic E-state index is 0.321. The summed E-state index contributed by atoms with van der Waals surface area (Å²) in [7, 11) is 0. The molecule has 0 radical (unpaired) electrons. The molecule has 7 heteroatoms. The van der Waals surface area contributed by atoms with Crippen LogP contribution in [0.4, 0.5) is 4.39 Å². The van der Waals surface area contributed by atoms with Crippen LogP contribution in [0.25, 0.3) is 16.9 Å². The molecule has 0 amide bonds. The first-order valence-electron chi connectivity index (χ1n) is 6.16. The van der Waals surface area contributed by atoms with Crippen LogP contribution in [0.5, 0.6) is 0 Å². The Balaban J connectivity index is 2.37. The molecule has 3 aromatic rings. The van der Waals surface area contributed by atoms with Crippen molar-refractivity contribution in [3.05, 3.63) is 39.0 Å². The number of H-pyrrole nitrogens is 1. The van der Waals surface area contributed by atoms with Crippen LogP contribution in [0.1, 0.15) is 12.6 Å². The van der Waals surface area contributed by atoms with Crippen LogP contribution in [-0.4, -0.2) is 19.3 Å². The third kappa shape index (κ3) is 1.92. The number of imidazole rings is 1. The second kappa shape index (κ2) is 4.82. The van der Waals surface area contributed by atoms with Crippen molar-refractivity contribution in [3.63, 3.8) is 0 Å². The zero-order chi connectivity index (χ0) is 14.4. The van der Waals surface area contributed by atoms with E-state index in [1.54, 1.807) is 6.07 Å². The number of hydrogen-bond acceptors (Lipinski definition) is 2. The average Bonchev–Trinajstić information content (AvgIpc) is 2.90. The first-order chi connectivity index (χ1) is 9.52. The number of rotatable bonds is 2. The zero-order valence-corrected chi connectivity index (χ0v) is 13.3. The molecule has 0 fully saturated rings. The smallest absolute Gasteiger partial charge is 0.184 e. The molecule has 104 valence electrons. The number of benzene rings is 1. The highest BCUT2D eigenvalue weighted by molar-refractivity contribution is 9.10. The van der Waals surface area contributed by atoms with Crippen molar-refractivity contribution < 1.29 is 4.39 Å². The number of hydrogen-bond donors (Lipinski definition) is 1. The summed E-state index contributed by atoms with van der Waals surface area (Å²) in [6.07, 6.45) is 0. The number of aromatic amines is 1. The van der Waals surface area contributed by atoms with Crippen LogP contribution in [0.2, 0.25) is 0 Å². The van der Waals surface area contributed by atoms with Crippen molar-refractivity contribution in [2.24, 2.45) is 0 Å². The highest BCUT2D eigenvalue weighted by Crippen LogP contribution is 2.24. The first-order valence-corrected chi connectivity index (χ1v) is 7.36. The summed E-state index contributed by atoms with van der Waals surface area (Å²) < 4.78 is 18.4. The van der Waals surface area contributed by atoms with E-state index in [4.69, 9.17) is 12.2 Å². The van der Waals surface area contributed by atoms with Crippen LogP contribution >= 0.6 is 28.1 Å². The maximum atomic E-state index is 13.8. The lowest BCUT2D eigenvalue weighted by Gasteiger charge is -2.07. The lowest BCUT2D eigenvalue weighted by Crippen LogP contribution is -2.04. The fourth-order valence-electron chi connectivity index (χ4n) is 2.29. The van der Waals surface area contributed by atoms with Gasteiger partial charge in [0.2, 0.25) is 0 Å². The number of halogens is 2. The van der Waals surface area contributed by atoms with Gasteiger partial charge >= 0.3 is 0 Å². The van der Waals surface area contributed by atoms with Gasteiger partial charge in [0, 0.05) is 6.54 Å². The Kier molecular flexibility index (Phi) is 3.25. The van der Waals surface area contributed by atoms with Gasteiger partial charge in [0.15, 0.2) is 10.4 Å². The number of nitrogens with zero attached hydrogens (tertiary/aromatic N) is 3. The highest BCUT2D eigenvalue weighted by Gasteiger charge is 2.15. The van der Waals surface area contributed by atoms with E-state index in [1.165, 1.54) is 6.07 Å². The molecule has 0 bridgehead atoms. The molecule has 3 rings (SSSR count). The van der Waals surface area contributed by atoms with Gasteiger partial charge in [-0.3, -0.25) is 4.57 Å². The van der Waals surface area contributed by atoms with Gasteiger partial charge in [-0.25, -0.2) is 9.07 Å². The lowest BCUT2D eigenvalue weighted by molar-refractivity contribution is 0.619. The topological polar surface area (TPSA) is 38.5 Å². The van der Waals surface area contributed by atoms with Crippen molar-refractivity contribution in [1.29, 1.82) is 0 Å². The fourth-order valence-corrected chi connectivity index (χ4v) is 2.83. The molecule has 0 aliphatic heterocycles. The standard InChI is InChI=1S/C13H12BrFN4S/c1-3-18-12-11(7(2)17-18)16-13(20)19(12)8-4-5-9(14)10(15)6-8/h4-6H,3H2,1-2H3,(H,16,20). The van der Waals surface area contributed by atoms with Crippen LogP contribution in [0.3, 0.4) is 0 Å². The van der Waals surface area contributed by atoms with E-state index in [-0.39, 0.29) is 5.82 Å². The molecule has 1 aromatic carbocycles. The van der Waals surface area contributed by atoms with E-state index in [0.29, 0.717) is 14.9 Å². The lowest BCUT2D eigenvalue weighted by atomic mass is 10.3. The summed E-state index contributed by atoms with van der Waals surface area (Å²) in [5.41, 5.74) is 3.30. The van der Waals surface area contributed by atoms with Crippen LogP contribution < -0.4 is 0 Å². The normalized spacial score (nSPS) is 11.4. The summed E-state index contributed by atoms with van der Waals surface area (Å²) in [6.45, 7) is 4.65. The van der Waals surface area contributed by atoms with Crippen LogP contribution in [0, 0.1) is 17.5 Å². The van der Waals surface area contributed by atoms with Gasteiger partial charge in [-0.15, -0.1) is 0 Å². The molecule has 0 unspecified atom stereocenters. The van der Waals surface area contributed by atoms with Gasteiger partial charge in [-0.05, 0) is 60.2 Å². The van der Waals surface area contributed by atoms with Gasteiger partial charge in [-0.1, -0.05) is 0 Å². The van der Waals surface area contributed by atoms with Gasteiger partial charge in [0.25, 0.3) is 0 Å². The highest BCUT2D eigenvalue weighted by atomic mass is 79.9. The monoisotopic (exact) mass is 354 g/mol. The summed E-state index contributed by atoms with van der Waals surface area (Å²) in [4.78, 5) is 3.14. The molecule has 4 nitrogen and oxygen atoms in total. The van der Waals surface area contributed by atoms with Gasteiger partial charge in [-0.2, -0.15) is 5.10 Å². The Labute approximate surface area is 128 Å². The SMILES string of the molecule is CCn1nc(C)c2[nH]c(=S)n(-c3ccc(Br)c(F)c3)c21. The summed E-state index contributed by atoms with van der Waals surface area (Å²) in [5, 5.41) is 4.45. The molecule has 0 saturated carbocycles. The molecular weight excluding hydrogens is 343 g/mol. The van der Waals surface area contributed by atoms with Crippen molar-refractivity contribution in [1.82, 2.24) is 19.3 Å². The fraction of sp³-hybridized carbons (Fsp3) is 0.231. The zero-order valence-electron chi connectivity index (χ0n) is 10.9. The van der Waals surface area contributed by atoms with E-state index in [1.807, 2.05) is 29.2 Å². The minimum Gasteiger partial charge on any atom is -0.327 e. The first kappa shape index (κ1) is 13.5. The Hall–Kier alpha value is -1.47. The average molecular weight is 355 g/mol. The summed E-state index contributed by atoms with van der Waals surface area (Å²) in [6, 6.07) is 4.94. The van der Waals surface area contributed by atoms with Crippen molar-refractivity contribution >= 4 is 39.3 Å². The second-order valence-electron chi connectivity index (χ2n) is 4.46. The quantitative estimate of drug-likeness (QED) is 0.703. The largest absolute Gasteiger partial charge is 0.327 e. The Morgan fingerprint density at radius 1 is 1.45 bits per heavy atom.